The molecule has 0 aliphatic heterocycles. The number of rotatable bonds is 12. The first-order chi connectivity index (χ1) is 16.3. The molecule has 0 heterocycles. The standard InChI is InChI=1S/C30H46N2O3/c1-11-22(6)28(25(12-2)16-21(5)19-33)32-26-17-24(14-13-23(26)7)18-31-27(15-20(3)4)29(34)35-30(8,9)10/h12-14,16-17,19-20,22,27,31H,11,15,18H2,1-10H3/b21-16-,25-12+,32-28+. The summed E-state index contributed by atoms with van der Waals surface area (Å²) in [5.41, 5.74) is 5.11. The number of nitrogens with one attached hydrogen (secondary N) is 1. The zero-order valence-electron chi connectivity index (χ0n) is 23.5. The molecule has 1 N–H and O–H groups in total. The van der Waals surface area contributed by atoms with E-state index in [0.717, 1.165) is 40.8 Å². The summed E-state index contributed by atoms with van der Waals surface area (Å²) in [6.45, 7) is 20.5. The number of hydrogen-bond acceptors (Lipinski definition) is 5. The van der Waals surface area contributed by atoms with Crippen LogP contribution in [0.3, 0.4) is 0 Å². The number of ether oxygens (including phenoxy) is 1. The van der Waals surface area contributed by atoms with Gasteiger partial charge in [-0.25, -0.2) is 0 Å². The fraction of sp³-hybridized carbons (Fsp3) is 0.567. The first-order valence-electron chi connectivity index (χ1n) is 12.8. The molecule has 0 aromatic heterocycles. The number of esters is 1. The Morgan fingerprint density at radius 3 is 2.37 bits per heavy atom. The average Bonchev–Trinajstić information content (AvgIpc) is 2.78. The number of carbonyl (C=O) groups excluding carboxylic acids is 2. The number of carbonyl (C=O) groups is 2. The van der Waals surface area contributed by atoms with Gasteiger partial charge in [-0.1, -0.05) is 45.9 Å². The number of aryl methyl sites for hydroxylation is 1. The second-order valence-corrected chi connectivity index (χ2v) is 10.8. The number of allylic oxidation sites excluding steroid dienone is 4. The maximum absolute atomic E-state index is 12.8. The summed E-state index contributed by atoms with van der Waals surface area (Å²) >= 11 is 0. The van der Waals surface area contributed by atoms with Crippen molar-refractivity contribution >= 4 is 23.7 Å². The van der Waals surface area contributed by atoms with Crippen molar-refractivity contribution in [3.8, 4) is 0 Å². The Hall–Kier alpha value is -2.53. The predicted octanol–water partition coefficient (Wildman–Crippen LogP) is 7.05. The number of nitrogens with zero attached hydrogens (tertiary/aromatic N) is 1. The second kappa shape index (κ2) is 14.1. The largest absolute Gasteiger partial charge is 0.459 e. The van der Waals surface area contributed by atoms with Crippen molar-refractivity contribution in [2.75, 3.05) is 0 Å². The summed E-state index contributed by atoms with van der Waals surface area (Å²) in [6, 6.07) is 5.84. The van der Waals surface area contributed by atoms with Crippen molar-refractivity contribution in [2.45, 2.75) is 100 Å². The number of aliphatic imine (C=N–C) groups is 1. The van der Waals surface area contributed by atoms with E-state index in [2.05, 4.69) is 51.2 Å². The van der Waals surface area contributed by atoms with Crippen molar-refractivity contribution in [1.82, 2.24) is 5.32 Å². The van der Waals surface area contributed by atoms with E-state index in [0.29, 0.717) is 24.5 Å². The van der Waals surface area contributed by atoms with E-state index in [1.54, 1.807) is 6.92 Å². The van der Waals surface area contributed by atoms with Crippen molar-refractivity contribution in [3.05, 3.63) is 52.6 Å². The van der Waals surface area contributed by atoms with Crippen LogP contribution in [0.1, 0.15) is 86.3 Å². The van der Waals surface area contributed by atoms with E-state index in [9.17, 15) is 9.59 Å². The summed E-state index contributed by atoms with van der Waals surface area (Å²) < 4.78 is 5.64. The highest BCUT2D eigenvalue weighted by Gasteiger charge is 2.25. The molecule has 0 bridgehead atoms. The predicted molar refractivity (Wildman–Crippen MR) is 147 cm³/mol. The number of aldehydes is 1. The van der Waals surface area contributed by atoms with E-state index >= 15 is 0 Å². The minimum absolute atomic E-state index is 0.217. The van der Waals surface area contributed by atoms with Crippen molar-refractivity contribution in [3.63, 3.8) is 0 Å². The monoisotopic (exact) mass is 482 g/mol. The quantitative estimate of drug-likeness (QED) is 0.114. The minimum atomic E-state index is -0.521. The topological polar surface area (TPSA) is 67.8 Å². The van der Waals surface area contributed by atoms with Crippen LogP contribution in [0.15, 0.2) is 46.5 Å². The lowest BCUT2D eigenvalue weighted by atomic mass is 9.94. The lowest BCUT2D eigenvalue weighted by Crippen LogP contribution is -2.41. The summed E-state index contributed by atoms with van der Waals surface area (Å²) in [7, 11) is 0. The van der Waals surface area contributed by atoms with Gasteiger partial charge in [-0.05, 0) is 101 Å². The van der Waals surface area contributed by atoms with Crippen LogP contribution in [-0.2, 0) is 20.9 Å². The highest BCUT2D eigenvalue weighted by atomic mass is 16.6. The Kier molecular flexibility index (Phi) is 12.3. The molecule has 1 aromatic rings. The molecule has 5 nitrogen and oxygen atoms in total. The second-order valence-electron chi connectivity index (χ2n) is 10.8. The smallest absolute Gasteiger partial charge is 0.323 e. The molecule has 5 heteroatoms. The van der Waals surface area contributed by atoms with Gasteiger partial charge in [0.1, 0.15) is 17.9 Å². The summed E-state index contributed by atoms with van der Waals surface area (Å²) in [4.78, 5) is 29.1. The van der Waals surface area contributed by atoms with Crippen LogP contribution >= 0.6 is 0 Å². The molecule has 0 aliphatic rings. The van der Waals surface area contributed by atoms with Gasteiger partial charge in [0.2, 0.25) is 0 Å². The van der Waals surface area contributed by atoms with Crippen LogP contribution in [0.25, 0.3) is 0 Å². The zero-order valence-corrected chi connectivity index (χ0v) is 23.5. The minimum Gasteiger partial charge on any atom is -0.459 e. The van der Waals surface area contributed by atoms with Crippen molar-refractivity contribution < 1.29 is 14.3 Å². The Balaban J connectivity index is 3.28. The third kappa shape index (κ3) is 10.7. The van der Waals surface area contributed by atoms with Gasteiger partial charge in [0.15, 0.2) is 0 Å². The summed E-state index contributed by atoms with van der Waals surface area (Å²) in [5, 5.41) is 3.41. The van der Waals surface area contributed by atoms with Crippen LogP contribution in [0, 0.1) is 18.8 Å². The number of hydrogen-bond donors (Lipinski definition) is 1. The molecule has 0 radical (unpaired) electrons. The van der Waals surface area contributed by atoms with Crippen LogP contribution in [0.5, 0.6) is 0 Å². The highest BCUT2D eigenvalue weighted by molar-refractivity contribution is 6.06. The molecule has 194 valence electrons. The van der Waals surface area contributed by atoms with Crippen LogP contribution in [0.2, 0.25) is 0 Å². The van der Waals surface area contributed by atoms with Gasteiger partial charge in [0.05, 0.1) is 11.4 Å². The number of benzene rings is 1. The molecule has 1 rings (SSSR count). The third-order valence-electron chi connectivity index (χ3n) is 5.72. The maximum atomic E-state index is 12.8. The van der Waals surface area contributed by atoms with Crippen LogP contribution in [0.4, 0.5) is 5.69 Å². The van der Waals surface area contributed by atoms with Gasteiger partial charge in [0.25, 0.3) is 0 Å². The van der Waals surface area contributed by atoms with E-state index in [1.807, 2.05) is 46.8 Å². The van der Waals surface area contributed by atoms with Crippen LogP contribution < -0.4 is 5.32 Å². The van der Waals surface area contributed by atoms with Gasteiger partial charge in [-0.2, -0.15) is 0 Å². The molecular formula is C30H46N2O3. The molecule has 1 aromatic carbocycles. The molecule has 35 heavy (non-hydrogen) atoms. The van der Waals surface area contributed by atoms with Gasteiger partial charge < -0.3 is 10.1 Å². The molecule has 2 atom stereocenters. The molecule has 0 spiro atoms. The Labute approximate surface area is 213 Å². The lowest BCUT2D eigenvalue weighted by molar-refractivity contribution is -0.158. The van der Waals surface area contributed by atoms with Gasteiger partial charge in [0, 0.05) is 6.54 Å². The molecule has 0 saturated carbocycles. The fourth-order valence-corrected chi connectivity index (χ4v) is 3.60. The summed E-state index contributed by atoms with van der Waals surface area (Å²) in [6.07, 6.45) is 6.42. The first kappa shape index (κ1) is 30.5. The van der Waals surface area contributed by atoms with E-state index in [1.165, 1.54) is 0 Å². The Morgan fingerprint density at radius 2 is 1.86 bits per heavy atom. The summed E-state index contributed by atoms with van der Waals surface area (Å²) in [5.74, 6) is 0.379. The molecule has 0 amide bonds. The first-order valence-corrected chi connectivity index (χ1v) is 12.8. The molecule has 2 unspecified atom stereocenters. The normalized spacial score (nSPS) is 15.2. The average molecular weight is 483 g/mol. The van der Waals surface area contributed by atoms with E-state index in [4.69, 9.17) is 9.73 Å². The third-order valence-corrected chi connectivity index (χ3v) is 5.72. The van der Waals surface area contributed by atoms with Crippen molar-refractivity contribution in [1.29, 1.82) is 0 Å². The molecule has 0 aliphatic carbocycles. The highest BCUT2D eigenvalue weighted by Crippen LogP contribution is 2.25. The molecule has 0 saturated heterocycles. The zero-order chi connectivity index (χ0) is 26.8. The van der Waals surface area contributed by atoms with Crippen LogP contribution in [-0.4, -0.2) is 29.6 Å². The van der Waals surface area contributed by atoms with Gasteiger partial charge >= 0.3 is 5.97 Å². The van der Waals surface area contributed by atoms with E-state index < -0.39 is 5.60 Å². The molecule has 0 fully saturated rings. The Morgan fingerprint density at radius 1 is 1.20 bits per heavy atom. The maximum Gasteiger partial charge on any atom is 0.323 e. The Bertz CT molecular complexity index is 949. The fourth-order valence-electron chi connectivity index (χ4n) is 3.60. The van der Waals surface area contributed by atoms with E-state index in [-0.39, 0.29) is 17.9 Å². The SMILES string of the molecule is C/C=C(\C=C(\C)C=O)C(=N/c1cc(CNC(CC(C)C)C(=O)OC(C)(C)C)ccc1C)/C(C)CC. The van der Waals surface area contributed by atoms with Gasteiger partial charge in [-0.3, -0.25) is 14.6 Å². The lowest BCUT2D eigenvalue weighted by Gasteiger charge is -2.25. The van der Waals surface area contributed by atoms with Crippen molar-refractivity contribution in [2.24, 2.45) is 16.8 Å². The molecular weight excluding hydrogens is 436 g/mol. The van der Waals surface area contributed by atoms with Gasteiger partial charge in [-0.15, -0.1) is 0 Å².